The SMILES string of the molecule is Cc1cccc(CN(CCc2ccc(Cl)cc2Cl)S(=O)(=O)c2ccc([N+](=O)[O-])cc2)n1. The molecule has 0 saturated heterocycles. The van der Waals surface area contributed by atoms with Crippen LogP contribution in [0.25, 0.3) is 0 Å². The number of hydrogen-bond donors (Lipinski definition) is 0. The number of aromatic nitrogens is 1. The van der Waals surface area contributed by atoms with Gasteiger partial charge in [-0.1, -0.05) is 35.3 Å². The normalized spacial score (nSPS) is 11.6. The minimum absolute atomic E-state index is 0.0343. The number of halogens is 2. The minimum atomic E-state index is -3.94. The van der Waals surface area contributed by atoms with Gasteiger partial charge in [0.05, 0.1) is 22.1 Å². The molecule has 0 radical (unpaired) electrons. The molecule has 0 fully saturated rings. The Morgan fingerprint density at radius 1 is 1.06 bits per heavy atom. The van der Waals surface area contributed by atoms with Gasteiger partial charge in [0.1, 0.15) is 0 Å². The van der Waals surface area contributed by atoms with Crippen LogP contribution in [-0.2, 0) is 23.0 Å². The number of sulfonamides is 1. The van der Waals surface area contributed by atoms with Gasteiger partial charge in [-0.3, -0.25) is 15.1 Å². The van der Waals surface area contributed by atoms with E-state index in [2.05, 4.69) is 4.98 Å². The summed E-state index contributed by atoms with van der Waals surface area (Å²) >= 11 is 12.2. The standard InChI is InChI=1S/C21H19Cl2N3O4S/c1-15-3-2-4-18(24-15)14-25(12-11-16-5-6-17(22)13-21(16)23)31(29,30)20-9-7-19(8-10-20)26(27)28/h2-10,13H,11-12,14H2,1H3. The van der Waals surface area contributed by atoms with E-state index in [1.54, 1.807) is 24.3 Å². The molecule has 0 bridgehead atoms. The molecule has 0 amide bonds. The molecule has 0 saturated carbocycles. The average Bonchev–Trinajstić information content (AvgIpc) is 2.72. The highest BCUT2D eigenvalue weighted by atomic mass is 35.5. The number of hydrogen-bond acceptors (Lipinski definition) is 5. The predicted octanol–water partition coefficient (Wildman–Crippen LogP) is 5.04. The average molecular weight is 480 g/mol. The van der Waals surface area contributed by atoms with Crippen LogP contribution in [0.2, 0.25) is 10.0 Å². The molecule has 0 unspecified atom stereocenters. The second-order valence-electron chi connectivity index (χ2n) is 6.85. The van der Waals surface area contributed by atoms with Crippen LogP contribution in [0.4, 0.5) is 5.69 Å². The summed E-state index contributed by atoms with van der Waals surface area (Å²) in [6.07, 6.45) is 0.355. The van der Waals surface area contributed by atoms with Crippen LogP contribution >= 0.6 is 23.2 Å². The molecule has 0 aliphatic rings. The molecule has 3 rings (SSSR count). The Morgan fingerprint density at radius 3 is 2.39 bits per heavy atom. The third-order valence-electron chi connectivity index (χ3n) is 4.62. The van der Waals surface area contributed by atoms with Crippen molar-refractivity contribution in [3.05, 3.63) is 97.8 Å². The lowest BCUT2D eigenvalue weighted by atomic mass is 10.1. The van der Waals surface area contributed by atoms with Crippen LogP contribution in [0.1, 0.15) is 17.0 Å². The Morgan fingerprint density at radius 2 is 1.77 bits per heavy atom. The van der Waals surface area contributed by atoms with E-state index < -0.39 is 14.9 Å². The fourth-order valence-corrected chi connectivity index (χ4v) is 4.93. The first-order valence-electron chi connectivity index (χ1n) is 9.28. The molecule has 7 nitrogen and oxygen atoms in total. The summed E-state index contributed by atoms with van der Waals surface area (Å²) in [5.74, 6) is 0. The molecular weight excluding hydrogens is 461 g/mol. The van der Waals surface area contributed by atoms with E-state index in [1.165, 1.54) is 28.6 Å². The van der Waals surface area contributed by atoms with E-state index in [9.17, 15) is 18.5 Å². The Hall–Kier alpha value is -2.52. The van der Waals surface area contributed by atoms with Crippen molar-refractivity contribution in [1.29, 1.82) is 0 Å². The van der Waals surface area contributed by atoms with Crippen LogP contribution < -0.4 is 0 Å². The Balaban J connectivity index is 1.92. The second-order valence-corrected chi connectivity index (χ2v) is 9.63. The van der Waals surface area contributed by atoms with Crippen molar-refractivity contribution in [2.24, 2.45) is 0 Å². The Bertz CT molecular complexity index is 1200. The van der Waals surface area contributed by atoms with Gasteiger partial charge in [0.15, 0.2) is 0 Å². The summed E-state index contributed by atoms with van der Waals surface area (Å²) in [6.45, 7) is 2.01. The van der Waals surface area contributed by atoms with Gasteiger partial charge in [0.2, 0.25) is 10.0 Å². The summed E-state index contributed by atoms with van der Waals surface area (Å²) in [7, 11) is -3.94. The van der Waals surface area contributed by atoms with Crippen molar-refractivity contribution < 1.29 is 13.3 Å². The first-order chi connectivity index (χ1) is 14.7. The van der Waals surface area contributed by atoms with Gasteiger partial charge in [-0.2, -0.15) is 4.31 Å². The monoisotopic (exact) mass is 479 g/mol. The number of nitro benzene ring substituents is 1. The quantitative estimate of drug-likeness (QED) is 0.333. The van der Waals surface area contributed by atoms with Gasteiger partial charge in [-0.25, -0.2) is 8.42 Å². The van der Waals surface area contributed by atoms with E-state index in [4.69, 9.17) is 23.2 Å². The predicted molar refractivity (Wildman–Crippen MR) is 120 cm³/mol. The van der Waals surface area contributed by atoms with Crippen molar-refractivity contribution in [3.8, 4) is 0 Å². The van der Waals surface area contributed by atoms with E-state index >= 15 is 0 Å². The van der Waals surface area contributed by atoms with Crippen LogP contribution in [0, 0.1) is 17.0 Å². The van der Waals surface area contributed by atoms with Crippen LogP contribution in [-0.4, -0.2) is 29.2 Å². The molecular formula is C21H19Cl2N3O4S. The summed E-state index contributed by atoms with van der Waals surface area (Å²) in [5, 5.41) is 11.8. The molecule has 31 heavy (non-hydrogen) atoms. The maximum atomic E-state index is 13.3. The number of nitro groups is 1. The first-order valence-corrected chi connectivity index (χ1v) is 11.5. The van der Waals surface area contributed by atoms with Gasteiger partial charge in [-0.05, 0) is 55.3 Å². The fourth-order valence-electron chi connectivity index (χ4n) is 3.01. The van der Waals surface area contributed by atoms with Crippen molar-refractivity contribution in [2.75, 3.05) is 6.54 Å². The van der Waals surface area contributed by atoms with E-state index in [-0.39, 0.29) is 23.7 Å². The van der Waals surface area contributed by atoms with Crippen molar-refractivity contribution in [3.63, 3.8) is 0 Å². The fraction of sp³-hybridized carbons (Fsp3) is 0.190. The lowest BCUT2D eigenvalue weighted by Crippen LogP contribution is -2.33. The maximum Gasteiger partial charge on any atom is 0.269 e. The number of pyridine rings is 1. The van der Waals surface area contributed by atoms with E-state index in [0.717, 1.165) is 11.3 Å². The lowest BCUT2D eigenvalue weighted by molar-refractivity contribution is -0.384. The number of aryl methyl sites for hydroxylation is 1. The van der Waals surface area contributed by atoms with Gasteiger partial charge in [0.25, 0.3) is 5.69 Å². The van der Waals surface area contributed by atoms with Crippen LogP contribution in [0.15, 0.2) is 65.6 Å². The molecule has 0 aliphatic carbocycles. The molecule has 0 atom stereocenters. The van der Waals surface area contributed by atoms with Gasteiger partial charge in [0, 0.05) is 34.4 Å². The number of non-ortho nitro benzene ring substituents is 1. The first kappa shape index (κ1) is 23.1. The Kier molecular flexibility index (Phi) is 7.27. The molecule has 0 aliphatic heterocycles. The Labute approximate surface area is 190 Å². The van der Waals surface area contributed by atoms with Crippen LogP contribution in [0.5, 0.6) is 0 Å². The second kappa shape index (κ2) is 9.74. The van der Waals surface area contributed by atoms with E-state index in [1.807, 2.05) is 19.1 Å². The van der Waals surface area contributed by atoms with Gasteiger partial charge >= 0.3 is 0 Å². The van der Waals surface area contributed by atoms with Gasteiger partial charge in [-0.15, -0.1) is 0 Å². The van der Waals surface area contributed by atoms with Crippen molar-refractivity contribution in [1.82, 2.24) is 9.29 Å². The zero-order chi connectivity index (χ0) is 22.6. The molecule has 2 aromatic carbocycles. The highest BCUT2D eigenvalue weighted by molar-refractivity contribution is 7.89. The van der Waals surface area contributed by atoms with Crippen molar-refractivity contribution >= 4 is 38.9 Å². The van der Waals surface area contributed by atoms with Crippen LogP contribution in [0.3, 0.4) is 0 Å². The summed E-state index contributed by atoms with van der Waals surface area (Å²) in [4.78, 5) is 14.7. The highest BCUT2D eigenvalue weighted by Gasteiger charge is 2.26. The van der Waals surface area contributed by atoms with Crippen molar-refractivity contribution in [2.45, 2.75) is 24.8 Å². The molecule has 162 valence electrons. The van der Waals surface area contributed by atoms with E-state index in [0.29, 0.717) is 22.2 Å². The molecule has 10 heteroatoms. The zero-order valence-corrected chi connectivity index (χ0v) is 18.9. The number of rotatable bonds is 8. The third-order valence-corrected chi connectivity index (χ3v) is 7.06. The van der Waals surface area contributed by atoms with Gasteiger partial charge < -0.3 is 0 Å². The molecule has 1 aromatic heterocycles. The highest BCUT2D eigenvalue weighted by Crippen LogP contribution is 2.24. The lowest BCUT2D eigenvalue weighted by Gasteiger charge is -2.22. The minimum Gasteiger partial charge on any atom is -0.258 e. The summed E-state index contributed by atoms with van der Waals surface area (Å²) < 4.78 is 28.0. The summed E-state index contributed by atoms with van der Waals surface area (Å²) in [6, 6.07) is 15.3. The largest absolute Gasteiger partial charge is 0.269 e. The number of nitrogens with zero attached hydrogens (tertiary/aromatic N) is 3. The molecule has 0 N–H and O–H groups in total. The smallest absolute Gasteiger partial charge is 0.258 e. The maximum absolute atomic E-state index is 13.3. The molecule has 0 spiro atoms. The topological polar surface area (TPSA) is 93.4 Å². The molecule has 3 aromatic rings. The number of benzene rings is 2. The zero-order valence-electron chi connectivity index (χ0n) is 16.5. The summed E-state index contributed by atoms with van der Waals surface area (Å²) in [5.41, 5.74) is 1.93. The third kappa shape index (κ3) is 5.80. The molecule has 1 heterocycles.